The average Bonchev–Trinajstić information content (AvgIpc) is 3.50. The number of thiazole rings is 1. The van der Waals surface area contributed by atoms with E-state index in [1.807, 2.05) is 6.07 Å². The minimum absolute atomic E-state index is 0.165. The summed E-state index contributed by atoms with van der Waals surface area (Å²) >= 11 is 1.38. The van der Waals surface area contributed by atoms with Crippen molar-refractivity contribution in [1.82, 2.24) is 29.6 Å². The number of carbonyl (C=O) groups is 1. The van der Waals surface area contributed by atoms with Gasteiger partial charge in [0.05, 0.1) is 29.9 Å². The SMILES string of the molecule is COCCn1nccc1C(=O)N1CCc2[nH]cnc2[C@H]1c1nc2c(F)cccc2s1. The zero-order valence-electron chi connectivity index (χ0n) is 16.2. The first-order valence-electron chi connectivity index (χ1n) is 9.56. The summed E-state index contributed by atoms with van der Waals surface area (Å²) in [5.41, 5.74) is 2.51. The first-order valence-corrected chi connectivity index (χ1v) is 10.4. The molecule has 8 nitrogen and oxygen atoms in total. The molecule has 4 heterocycles. The van der Waals surface area contributed by atoms with Crippen molar-refractivity contribution in [2.45, 2.75) is 19.0 Å². The van der Waals surface area contributed by atoms with Crippen molar-refractivity contribution in [2.75, 3.05) is 20.3 Å². The molecule has 0 saturated carbocycles. The molecule has 1 amide bonds. The van der Waals surface area contributed by atoms with Gasteiger partial charge in [-0.1, -0.05) is 6.07 Å². The van der Waals surface area contributed by atoms with Crippen LogP contribution in [0.25, 0.3) is 10.2 Å². The van der Waals surface area contributed by atoms with Crippen molar-refractivity contribution in [3.63, 3.8) is 0 Å². The highest BCUT2D eigenvalue weighted by Gasteiger charge is 2.37. The fraction of sp³-hybridized carbons (Fsp3) is 0.300. The van der Waals surface area contributed by atoms with Gasteiger partial charge in [-0.25, -0.2) is 14.4 Å². The smallest absolute Gasteiger partial charge is 0.273 e. The monoisotopic (exact) mass is 426 g/mol. The maximum atomic E-state index is 14.3. The molecule has 5 rings (SSSR count). The Morgan fingerprint density at radius 1 is 1.40 bits per heavy atom. The van der Waals surface area contributed by atoms with Crippen molar-refractivity contribution in [1.29, 1.82) is 0 Å². The number of halogens is 1. The van der Waals surface area contributed by atoms with Crippen LogP contribution in [-0.4, -0.2) is 55.8 Å². The molecule has 0 fully saturated rings. The normalized spacial score (nSPS) is 16.2. The van der Waals surface area contributed by atoms with Gasteiger partial charge in [-0.15, -0.1) is 11.3 Å². The molecular formula is C20H19FN6O2S. The Hall–Kier alpha value is -3.11. The highest BCUT2D eigenvalue weighted by atomic mass is 32.1. The van der Waals surface area contributed by atoms with Crippen LogP contribution >= 0.6 is 11.3 Å². The van der Waals surface area contributed by atoms with Gasteiger partial charge in [-0.05, 0) is 18.2 Å². The summed E-state index contributed by atoms with van der Waals surface area (Å²) < 4.78 is 21.8. The average molecular weight is 426 g/mol. The Balaban J connectivity index is 1.58. The molecule has 3 aromatic heterocycles. The number of nitrogens with one attached hydrogen (secondary N) is 1. The molecule has 0 spiro atoms. The van der Waals surface area contributed by atoms with E-state index in [0.717, 1.165) is 16.1 Å². The molecule has 0 radical (unpaired) electrons. The third kappa shape index (κ3) is 3.08. The number of hydrogen-bond donors (Lipinski definition) is 1. The zero-order valence-corrected chi connectivity index (χ0v) is 17.0. The van der Waals surface area contributed by atoms with Crippen LogP contribution in [0.2, 0.25) is 0 Å². The van der Waals surface area contributed by atoms with E-state index in [4.69, 9.17) is 4.74 Å². The van der Waals surface area contributed by atoms with Crippen LogP contribution in [0.1, 0.15) is 32.9 Å². The lowest BCUT2D eigenvalue weighted by Crippen LogP contribution is -2.41. The van der Waals surface area contributed by atoms with E-state index >= 15 is 0 Å². The molecule has 1 aromatic carbocycles. The first kappa shape index (κ1) is 18.9. The van der Waals surface area contributed by atoms with E-state index in [9.17, 15) is 9.18 Å². The van der Waals surface area contributed by atoms with Gasteiger partial charge in [0.15, 0.2) is 0 Å². The largest absolute Gasteiger partial charge is 0.383 e. The molecule has 1 aliphatic heterocycles. The predicted molar refractivity (Wildman–Crippen MR) is 109 cm³/mol. The third-order valence-electron chi connectivity index (χ3n) is 5.25. The van der Waals surface area contributed by atoms with Gasteiger partial charge in [-0.3, -0.25) is 9.48 Å². The lowest BCUT2D eigenvalue weighted by Gasteiger charge is -2.33. The van der Waals surface area contributed by atoms with Crippen LogP contribution in [0.5, 0.6) is 0 Å². The topological polar surface area (TPSA) is 88.9 Å². The minimum atomic E-state index is -0.491. The molecule has 30 heavy (non-hydrogen) atoms. The second-order valence-corrected chi connectivity index (χ2v) is 8.05. The number of amides is 1. The molecule has 1 atom stereocenters. The number of rotatable bonds is 5. The van der Waals surface area contributed by atoms with Gasteiger partial charge in [-0.2, -0.15) is 5.10 Å². The summed E-state index contributed by atoms with van der Waals surface area (Å²) in [6, 6.07) is 6.10. The van der Waals surface area contributed by atoms with Gasteiger partial charge in [0.25, 0.3) is 5.91 Å². The van der Waals surface area contributed by atoms with Crippen LogP contribution in [0, 0.1) is 5.82 Å². The van der Waals surface area contributed by atoms with Gasteiger partial charge in [0, 0.05) is 32.0 Å². The molecule has 154 valence electrons. The molecule has 10 heteroatoms. The van der Waals surface area contributed by atoms with E-state index < -0.39 is 6.04 Å². The molecule has 1 N–H and O–H groups in total. The maximum absolute atomic E-state index is 14.3. The van der Waals surface area contributed by atoms with Crippen LogP contribution in [-0.2, 0) is 17.7 Å². The number of ether oxygens (including phenoxy) is 1. The fourth-order valence-electron chi connectivity index (χ4n) is 3.81. The van der Waals surface area contributed by atoms with Crippen molar-refractivity contribution in [3.05, 3.63) is 64.7 Å². The van der Waals surface area contributed by atoms with E-state index in [1.165, 1.54) is 17.4 Å². The first-order chi connectivity index (χ1) is 14.7. The number of aromatic amines is 1. The number of nitrogens with zero attached hydrogens (tertiary/aromatic N) is 5. The maximum Gasteiger partial charge on any atom is 0.273 e. The van der Waals surface area contributed by atoms with Crippen molar-refractivity contribution in [2.24, 2.45) is 0 Å². The molecule has 0 saturated heterocycles. The van der Waals surface area contributed by atoms with E-state index in [2.05, 4.69) is 20.1 Å². The molecule has 0 unspecified atom stereocenters. The standard InChI is InChI=1S/C20H19FN6O2S/c1-29-10-9-27-14(5-7-24-27)20(28)26-8-6-13-17(23-11-22-13)18(26)19-25-16-12(21)3-2-4-15(16)30-19/h2-5,7,11,18H,6,8-10H2,1H3,(H,22,23)/t18-/m0/s1. The van der Waals surface area contributed by atoms with Crippen LogP contribution in [0.4, 0.5) is 4.39 Å². The van der Waals surface area contributed by atoms with Crippen molar-refractivity contribution in [3.8, 4) is 0 Å². The number of carbonyl (C=O) groups excluding carboxylic acids is 1. The number of benzene rings is 1. The van der Waals surface area contributed by atoms with Crippen molar-refractivity contribution < 1.29 is 13.9 Å². The zero-order chi connectivity index (χ0) is 20.7. The molecule has 1 aliphatic rings. The summed E-state index contributed by atoms with van der Waals surface area (Å²) in [5, 5.41) is 4.89. The second-order valence-electron chi connectivity index (χ2n) is 6.99. The van der Waals surface area contributed by atoms with Gasteiger partial charge >= 0.3 is 0 Å². The Labute approximate surface area is 175 Å². The number of hydrogen-bond acceptors (Lipinski definition) is 6. The third-order valence-corrected chi connectivity index (χ3v) is 6.32. The molecule has 0 bridgehead atoms. The number of aromatic nitrogens is 5. The predicted octanol–water partition coefficient (Wildman–Crippen LogP) is 2.79. The second kappa shape index (κ2) is 7.62. The Morgan fingerprint density at radius 3 is 3.13 bits per heavy atom. The van der Waals surface area contributed by atoms with Crippen LogP contribution in [0.15, 0.2) is 36.8 Å². The lowest BCUT2D eigenvalue weighted by atomic mass is 10.0. The number of para-hydroxylation sites is 1. The number of H-pyrrole nitrogens is 1. The fourth-order valence-corrected chi connectivity index (χ4v) is 4.91. The Morgan fingerprint density at radius 2 is 2.30 bits per heavy atom. The Bertz CT molecular complexity index is 1220. The van der Waals surface area contributed by atoms with E-state index in [1.54, 1.807) is 41.3 Å². The number of imidazole rings is 1. The van der Waals surface area contributed by atoms with Gasteiger partial charge in [0.1, 0.15) is 28.1 Å². The van der Waals surface area contributed by atoms with Gasteiger partial charge in [0.2, 0.25) is 0 Å². The van der Waals surface area contributed by atoms with E-state index in [-0.39, 0.29) is 11.7 Å². The van der Waals surface area contributed by atoms with Crippen molar-refractivity contribution >= 4 is 27.5 Å². The quantitative estimate of drug-likeness (QED) is 0.530. The lowest BCUT2D eigenvalue weighted by molar-refractivity contribution is 0.0674. The summed E-state index contributed by atoms with van der Waals surface area (Å²) in [7, 11) is 1.61. The number of fused-ring (bicyclic) bond motifs is 2. The molecule has 4 aromatic rings. The van der Waals surface area contributed by atoms with Crippen LogP contribution in [0.3, 0.4) is 0 Å². The number of methoxy groups -OCH3 is 1. The molecular weight excluding hydrogens is 407 g/mol. The highest BCUT2D eigenvalue weighted by Crippen LogP contribution is 2.38. The summed E-state index contributed by atoms with van der Waals surface area (Å²) in [6.45, 7) is 1.42. The minimum Gasteiger partial charge on any atom is -0.383 e. The summed E-state index contributed by atoms with van der Waals surface area (Å²) in [5.74, 6) is -0.537. The summed E-state index contributed by atoms with van der Waals surface area (Å²) in [4.78, 5) is 27.5. The van der Waals surface area contributed by atoms with Crippen LogP contribution < -0.4 is 0 Å². The highest BCUT2D eigenvalue weighted by molar-refractivity contribution is 7.18. The summed E-state index contributed by atoms with van der Waals surface area (Å²) in [6.07, 6.45) is 3.89. The van der Waals surface area contributed by atoms with Gasteiger partial charge < -0.3 is 14.6 Å². The molecule has 0 aliphatic carbocycles. The van der Waals surface area contributed by atoms with E-state index in [0.29, 0.717) is 42.3 Å². The Kier molecular flexibility index (Phi) is 4.80.